The Morgan fingerprint density at radius 2 is 1.77 bits per heavy atom. The van der Waals surface area contributed by atoms with Gasteiger partial charge in [-0.05, 0) is 42.7 Å². The van der Waals surface area contributed by atoms with Crippen molar-refractivity contribution in [2.45, 2.75) is 27.2 Å². The molecule has 5 heteroatoms. The third-order valence-electron chi connectivity index (χ3n) is 3.38. The van der Waals surface area contributed by atoms with Crippen molar-refractivity contribution in [2.75, 3.05) is 10.6 Å². The Bertz CT molecular complexity index is 711. The maximum Gasteiger partial charge on any atom is 0.274 e. The molecule has 0 saturated carbocycles. The number of carbonyl (C=O) groups is 2. The summed E-state index contributed by atoms with van der Waals surface area (Å²) in [5.41, 5.74) is 3.47. The monoisotopic (exact) mass is 297 g/mol. The van der Waals surface area contributed by atoms with Crippen LogP contribution in [0.1, 0.15) is 35.5 Å². The first-order chi connectivity index (χ1) is 10.5. The van der Waals surface area contributed by atoms with Crippen LogP contribution < -0.4 is 10.6 Å². The van der Waals surface area contributed by atoms with E-state index in [1.807, 2.05) is 26.0 Å². The highest BCUT2D eigenvalue weighted by molar-refractivity contribution is 6.05. The maximum absolute atomic E-state index is 12.4. The summed E-state index contributed by atoms with van der Waals surface area (Å²) in [5.74, 6) is -0.398. The summed E-state index contributed by atoms with van der Waals surface area (Å²) in [6, 6.07) is 9.09. The van der Waals surface area contributed by atoms with Gasteiger partial charge in [0.15, 0.2) is 0 Å². The first-order valence-corrected chi connectivity index (χ1v) is 7.15. The number of amides is 2. The van der Waals surface area contributed by atoms with Crippen LogP contribution in [0.25, 0.3) is 0 Å². The lowest BCUT2D eigenvalue weighted by molar-refractivity contribution is -0.114. The molecule has 0 radical (unpaired) electrons. The van der Waals surface area contributed by atoms with E-state index in [0.29, 0.717) is 17.1 Å². The fourth-order valence-corrected chi connectivity index (χ4v) is 2.21. The lowest BCUT2D eigenvalue weighted by atomic mass is 10.1. The molecule has 0 bridgehead atoms. The van der Waals surface area contributed by atoms with E-state index in [0.717, 1.165) is 17.5 Å². The molecule has 2 aromatic rings. The van der Waals surface area contributed by atoms with Gasteiger partial charge >= 0.3 is 0 Å². The molecule has 0 aliphatic carbocycles. The van der Waals surface area contributed by atoms with Crippen LogP contribution in [0.15, 0.2) is 36.5 Å². The second-order valence-corrected chi connectivity index (χ2v) is 4.98. The number of nitrogens with zero attached hydrogens (tertiary/aromatic N) is 1. The van der Waals surface area contributed by atoms with E-state index < -0.39 is 0 Å². The largest absolute Gasteiger partial charge is 0.326 e. The third kappa shape index (κ3) is 3.49. The fraction of sp³-hybridized carbons (Fsp3) is 0.235. The van der Waals surface area contributed by atoms with Gasteiger partial charge in [-0.2, -0.15) is 0 Å². The van der Waals surface area contributed by atoms with Gasteiger partial charge in [-0.15, -0.1) is 0 Å². The van der Waals surface area contributed by atoms with E-state index in [4.69, 9.17) is 0 Å². The molecule has 2 rings (SSSR count). The van der Waals surface area contributed by atoms with Crippen LogP contribution in [0.2, 0.25) is 0 Å². The summed E-state index contributed by atoms with van der Waals surface area (Å²) in [5, 5.41) is 5.61. The molecule has 2 amide bonds. The molecular formula is C17H19N3O2. The zero-order chi connectivity index (χ0) is 16.1. The first kappa shape index (κ1) is 15.7. The molecule has 5 nitrogen and oxygen atoms in total. The first-order valence-electron chi connectivity index (χ1n) is 7.15. The minimum atomic E-state index is -0.250. The second-order valence-electron chi connectivity index (χ2n) is 4.98. The predicted octanol–water partition coefficient (Wildman–Crippen LogP) is 3.16. The van der Waals surface area contributed by atoms with Crippen LogP contribution in [0, 0.1) is 6.92 Å². The lowest BCUT2D eigenvalue weighted by Gasteiger charge is -2.13. The van der Waals surface area contributed by atoms with Crippen molar-refractivity contribution in [3.05, 3.63) is 53.3 Å². The predicted molar refractivity (Wildman–Crippen MR) is 87.1 cm³/mol. The van der Waals surface area contributed by atoms with Gasteiger partial charge in [-0.25, -0.2) is 0 Å². The molecule has 0 fully saturated rings. The Kier molecular flexibility index (Phi) is 4.88. The van der Waals surface area contributed by atoms with Gasteiger partial charge in [-0.1, -0.05) is 19.1 Å². The zero-order valence-corrected chi connectivity index (χ0v) is 12.9. The number of anilines is 2. The Morgan fingerprint density at radius 1 is 1.09 bits per heavy atom. The van der Waals surface area contributed by atoms with Crippen LogP contribution >= 0.6 is 0 Å². The molecule has 0 aliphatic rings. The normalized spacial score (nSPS) is 10.1. The van der Waals surface area contributed by atoms with Gasteiger partial charge in [0.2, 0.25) is 5.91 Å². The molecule has 0 atom stereocenters. The molecule has 2 N–H and O–H groups in total. The van der Waals surface area contributed by atoms with Crippen molar-refractivity contribution in [3.63, 3.8) is 0 Å². The van der Waals surface area contributed by atoms with Crippen LogP contribution in [0.3, 0.4) is 0 Å². The maximum atomic E-state index is 12.4. The zero-order valence-electron chi connectivity index (χ0n) is 12.9. The van der Waals surface area contributed by atoms with Gasteiger partial charge in [0.05, 0.1) is 0 Å². The number of carbonyl (C=O) groups excluding carboxylic acids is 2. The number of hydrogen-bond acceptors (Lipinski definition) is 3. The van der Waals surface area contributed by atoms with Gasteiger partial charge in [0, 0.05) is 24.5 Å². The number of rotatable bonds is 4. The molecule has 0 unspecified atom stereocenters. The Labute approximate surface area is 129 Å². The van der Waals surface area contributed by atoms with Crippen molar-refractivity contribution >= 4 is 23.2 Å². The van der Waals surface area contributed by atoms with Crippen molar-refractivity contribution in [1.82, 2.24) is 4.98 Å². The number of nitrogens with one attached hydrogen (secondary N) is 2. The van der Waals surface area contributed by atoms with E-state index in [2.05, 4.69) is 15.6 Å². The number of aryl methyl sites for hydroxylation is 1. The summed E-state index contributed by atoms with van der Waals surface area (Å²) >= 11 is 0. The molecule has 1 heterocycles. The number of aromatic nitrogens is 1. The van der Waals surface area contributed by atoms with E-state index in [1.54, 1.807) is 24.4 Å². The van der Waals surface area contributed by atoms with Gasteiger partial charge in [0.25, 0.3) is 5.91 Å². The molecule has 1 aromatic heterocycles. The summed E-state index contributed by atoms with van der Waals surface area (Å²) < 4.78 is 0. The minimum Gasteiger partial charge on any atom is -0.326 e. The molecule has 114 valence electrons. The highest BCUT2D eigenvalue weighted by atomic mass is 16.2. The topological polar surface area (TPSA) is 71.1 Å². The average molecular weight is 297 g/mol. The van der Waals surface area contributed by atoms with E-state index in [1.165, 1.54) is 6.92 Å². The molecular weight excluding hydrogens is 278 g/mol. The van der Waals surface area contributed by atoms with Crippen molar-refractivity contribution in [2.24, 2.45) is 0 Å². The van der Waals surface area contributed by atoms with Crippen molar-refractivity contribution in [1.29, 1.82) is 0 Å². The number of benzene rings is 1. The summed E-state index contributed by atoms with van der Waals surface area (Å²) in [6.07, 6.45) is 2.34. The number of pyridine rings is 1. The standard InChI is InChI=1S/C17H19N3O2/c1-4-13-7-6-10-18-16(13)17(22)20-15-9-5-8-14(11(15)2)19-12(3)21/h5-10H,4H2,1-3H3,(H,19,21)(H,20,22). The molecule has 0 aliphatic heterocycles. The SMILES string of the molecule is CCc1cccnc1C(=O)Nc1cccc(NC(C)=O)c1C. The highest BCUT2D eigenvalue weighted by Gasteiger charge is 2.14. The molecule has 1 aromatic carbocycles. The molecule has 22 heavy (non-hydrogen) atoms. The van der Waals surface area contributed by atoms with Gasteiger partial charge < -0.3 is 10.6 Å². The van der Waals surface area contributed by atoms with Crippen LogP contribution in [0.4, 0.5) is 11.4 Å². The number of hydrogen-bond donors (Lipinski definition) is 2. The fourth-order valence-electron chi connectivity index (χ4n) is 2.21. The Morgan fingerprint density at radius 3 is 2.41 bits per heavy atom. The second kappa shape index (κ2) is 6.85. The average Bonchev–Trinajstić information content (AvgIpc) is 2.50. The minimum absolute atomic E-state index is 0.149. The van der Waals surface area contributed by atoms with Gasteiger partial charge in [0.1, 0.15) is 5.69 Å². The summed E-state index contributed by atoms with van der Waals surface area (Å²) in [6.45, 7) is 5.28. The lowest BCUT2D eigenvalue weighted by Crippen LogP contribution is -2.17. The quantitative estimate of drug-likeness (QED) is 0.910. The Balaban J connectivity index is 2.27. The van der Waals surface area contributed by atoms with E-state index in [9.17, 15) is 9.59 Å². The summed E-state index contributed by atoms with van der Waals surface area (Å²) in [4.78, 5) is 27.8. The molecule has 0 spiro atoms. The van der Waals surface area contributed by atoms with E-state index >= 15 is 0 Å². The van der Waals surface area contributed by atoms with Crippen LogP contribution in [-0.4, -0.2) is 16.8 Å². The van der Waals surface area contributed by atoms with E-state index in [-0.39, 0.29) is 11.8 Å². The van der Waals surface area contributed by atoms with Crippen LogP contribution in [0.5, 0.6) is 0 Å². The Hall–Kier alpha value is -2.69. The van der Waals surface area contributed by atoms with Crippen LogP contribution in [-0.2, 0) is 11.2 Å². The van der Waals surface area contributed by atoms with Crippen molar-refractivity contribution < 1.29 is 9.59 Å². The smallest absolute Gasteiger partial charge is 0.274 e. The summed E-state index contributed by atoms with van der Waals surface area (Å²) in [7, 11) is 0. The van der Waals surface area contributed by atoms with Crippen molar-refractivity contribution in [3.8, 4) is 0 Å². The third-order valence-corrected chi connectivity index (χ3v) is 3.38. The van der Waals surface area contributed by atoms with Gasteiger partial charge in [-0.3, -0.25) is 14.6 Å². The highest BCUT2D eigenvalue weighted by Crippen LogP contribution is 2.24. The molecule has 0 saturated heterocycles.